The van der Waals surface area contributed by atoms with Crippen LogP contribution in [0.1, 0.15) is 33.1 Å². The van der Waals surface area contributed by atoms with Crippen molar-refractivity contribution < 1.29 is 0 Å². The van der Waals surface area contributed by atoms with Gasteiger partial charge in [0.1, 0.15) is 0 Å². The van der Waals surface area contributed by atoms with Crippen molar-refractivity contribution >= 4 is 0 Å². The van der Waals surface area contributed by atoms with Gasteiger partial charge in [-0.2, -0.15) is 0 Å². The van der Waals surface area contributed by atoms with Crippen molar-refractivity contribution in [2.75, 3.05) is 0 Å². The van der Waals surface area contributed by atoms with E-state index in [4.69, 9.17) is 11.5 Å². The fourth-order valence-corrected chi connectivity index (χ4v) is 0.762. The molecule has 2 nitrogen and oxygen atoms in total. The first-order chi connectivity index (χ1) is 4.13. The highest BCUT2D eigenvalue weighted by Gasteiger charge is 1.96. The van der Waals surface area contributed by atoms with Crippen molar-refractivity contribution in [2.45, 2.75) is 45.2 Å². The Bertz CT molecular complexity index is 51.9. The highest BCUT2D eigenvalue weighted by Crippen LogP contribution is 1.99. The van der Waals surface area contributed by atoms with Gasteiger partial charge in [-0.15, -0.1) is 0 Å². The molecule has 2 atom stereocenters. The monoisotopic (exact) mass is 130 g/mol. The van der Waals surface area contributed by atoms with Crippen LogP contribution in [0.2, 0.25) is 0 Å². The number of hydrogen-bond acceptors (Lipinski definition) is 2. The predicted molar refractivity (Wildman–Crippen MR) is 41.1 cm³/mol. The third-order valence-electron chi connectivity index (χ3n) is 1.32. The van der Waals surface area contributed by atoms with E-state index < -0.39 is 0 Å². The van der Waals surface area contributed by atoms with Gasteiger partial charge in [-0.1, -0.05) is 6.42 Å². The number of hydrogen-bond donors (Lipinski definition) is 2. The molecule has 0 radical (unpaired) electrons. The zero-order valence-corrected chi connectivity index (χ0v) is 6.43. The van der Waals surface area contributed by atoms with Gasteiger partial charge in [0.2, 0.25) is 0 Å². The molecule has 2 heteroatoms. The summed E-state index contributed by atoms with van der Waals surface area (Å²) in [6.07, 6.45) is 3.36. The van der Waals surface area contributed by atoms with Crippen LogP contribution in [-0.4, -0.2) is 12.1 Å². The molecule has 0 aromatic carbocycles. The van der Waals surface area contributed by atoms with Crippen molar-refractivity contribution in [1.29, 1.82) is 0 Å². The van der Waals surface area contributed by atoms with Gasteiger partial charge in [0.05, 0.1) is 0 Å². The molecule has 0 saturated carbocycles. The molecule has 0 fully saturated rings. The van der Waals surface area contributed by atoms with Gasteiger partial charge in [0.25, 0.3) is 0 Å². The maximum absolute atomic E-state index is 5.54. The number of rotatable bonds is 4. The predicted octanol–water partition coefficient (Wildman–Crippen LogP) is 0.851. The molecule has 4 N–H and O–H groups in total. The molecule has 0 aliphatic carbocycles. The smallest absolute Gasteiger partial charge is 0.00104 e. The maximum atomic E-state index is 5.54. The van der Waals surface area contributed by atoms with E-state index in [9.17, 15) is 0 Å². The Balaban J connectivity index is 2.91. The molecule has 0 aliphatic heterocycles. The summed E-state index contributed by atoms with van der Waals surface area (Å²) in [5, 5.41) is 0. The molecule has 2 unspecified atom stereocenters. The van der Waals surface area contributed by atoms with E-state index in [0.29, 0.717) is 12.1 Å². The molecular formula is C7H18N2. The third kappa shape index (κ3) is 7.92. The summed E-state index contributed by atoms with van der Waals surface area (Å²) < 4.78 is 0. The minimum absolute atomic E-state index is 0.337. The molecule has 0 aromatic heterocycles. The van der Waals surface area contributed by atoms with Gasteiger partial charge in [0.15, 0.2) is 0 Å². The summed E-state index contributed by atoms with van der Waals surface area (Å²) in [5.41, 5.74) is 11.1. The molecular weight excluding hydrogens is 112 g/mol. The summed E-state index contributed by atoms with van der Waals surface area (Å²) in [5.74, 6) is 0. The van der Waals surface area contributed by atoms with E-state index in [1.807, 2.05) is 13.8 Å². The molecule has 56 valence electrons. The van der Waals surface area contributed by atoms with Gasteiger partial charge in [-0.25, -0.2) is 0 Å². The van der Waals surface area contributed by atoms with Crippen LogP contribution in [0.5, 0.6) is 0 Å². The lowest BCUT2D eigenvalue weighted by molar-refractivity contribution is 0.554. The summed E-state index contributed by atoms with van der Waals surface area (Å²) >= 11 is 0. The Kier molecular flexibility index (Phi) is 4.72. The second-order valence-corrected chi connectivity index (χ2v) is 2.89. The van der Waals surface area contributed by atoms with Gasteiger partial charge in [0, 0.05) is 12.1 Å². The SMILES string of the molecule is CC(N)CCCC(C)N. The molecule has 0 saturated heterocycles. The highest BCUT2D eigenvalue weighted by molar-refractivity contribution is 4.57. The molecule has 0 heterocycles. The molecule has 0 aliphatic rings. The molecule has 0 amide bonds. The van der Waals surface area contributed by atoms with Gasteiger partial charge in [-0.3, -0.25) is 0 Å². The summed E-state index contributed by atoms with van der Waals surface area (Å²) in [6.45, 7) is 4.06. The third-order valence-corrected chi connectivity index (χ3v) is 1.32. The summed E-state index contributed by atoms with van der Waals surface area (Å²) in [4.78, 5) is 0. The van der Waals surface area contributed by atoms with E-state index in [2.05, 4.69) is 0 Å². The van der Waals surface area contributed by atoms with E-state index in [1.165, 1.54) is 0 Å². The van der Waals surface area contributed by atoms with Crippen LogP contribution in [0, 0.1) is 0 Å². The van der Waals surface area contributed by atoms with Crippen LogP contribution < -0.4 is 11.5 Å². The van der Waals surface area contributed by atoms with Crippen LogP contribution in [0.3, 0.4) is 0 Å². The Morgan fingerprint density at radius 2 is 1.33 bits per heavy atom. The Morgan fingerprint density at radius 1 is 1.00 bits per heavy atom. The van der Waals surface area contributed by atoms with Crippen LogP contribution in [0.25, 0.3) is 0 Å². The van der Waals surface area contributed by atoms with Crippen molar-refractivity contribution in [3.63, 3.8) is 0 Å². The normalized spacial score (nSPS) is 17.3. The van der Waals surface area contributed by atoms with Gasteiger partial charge in [-0.05, 0) is 26.7 Å². The van der Waals surface area contributed by atoms with E-state index in [1.54, 1.807) is 0 Å². The average molecular weight is 130 g/mol. The van der Waals surface area contributed by atoms with E-state index >= 15 is 0 Å². The van der Waals surface area contributed by atoms with Crippen molar-refractivity contribution in [3.8, 4) is 0 Å². The quantitative estimate of drug-likeness (QED) is 0.592. The Morgan fingerprint density at radius 3 is 1.56 bits per heavy atom. The topological polar surface area (TPSA) is 52.0 Å². The van der Waals surface area contributed by atoms with Crippen LogP contribution in [0.4, 0.5) is 0 Å². The molecule has 0 spiro atoms. The summed E-state index contributed by atoms with van der Waals surface area (Å²) in [6, 6.07) is 0.674. The second kappa shape index (κ2) is 4.77. The lowest BCUT2D eigenvalue weighted by Gasteiger charge is -2.05. The Labute approximate surface area is 57.6 Å². The van der Waals surface area contributed by atoms with Crippen molar-refractivity contribution in [3.05, 3.63) is 0 Å². The van der Waals surface area contributed by atoms with Gasteiger partial charge >= 0.3 is 0 Å². The van der Waals surface area contributed by atoms with E-state index in [-0.39, 0.29) is 0 Å². The highest BCUT2D eigenvalue weighted by atomic mass is 14.6. The fourth-order valence-electron chi connectivity index (χ4n) is 0.762. The number of nitrogens with two attached hydrogens (primary N) is 2. The first-order valence-corrected chi connectivity index (χ1v) is 3.64. The van der Waals surface area contributed by atoms with Crippen LogP contribution in [-0.2, 0) is 0 Å². The average Bonchev–Trinajstić information content (AvgIpc) is 1.63. The molecule has 0 bridgehead atoms. The van der Waals surface area contributed by atoms with Crippen LogP contribution >= 0.6 is 0 Å². The standard InChI is InChI=1S/C7H18N2/c1-6(8)4-3-5-7(2)9/h6-7H,3-5,8-9H2,1-2H3. The minimum Gasteiger partial charge on any atom is -0.328 e. The first-order valence-electron chi connectivity index (χ1n) is 3.64. The lowest BCUT2D eigenvalue weighted by Crippen LogP contribution is -2.18. The van der Waals surface area contributed by atoms with Crippen LogP contribution in [0.15, 0.2) is 0 Å². The minimum atomic E-state index is 0.337. The van der Waals surface area contributed by atoms with Crippen molar-refractivity contribution in [1.82, 2.24) is 0 Å². The second-order valence-electron chi connectivity index (χ2n) is 2.89. The molecule has 9 heavy (non-hydrogen) atoms. The largest absolute Gasteiger partial charge is 0.328 e. The zero-order chi connectivity index (χ0) is 7.28. The van der Waals surface area contributed by atoms with E-state index in [0.717, 1.165) is 19.3 Å². The first kappa shape index (κ1) is 8.92. The Hall–Kier alpha value is -0.0800. The lowest BCUT2D eigenvalue weighted by atomic mass is 10.1. The maximum Gasteiger partial charge on any atom is 0.00104 e. The van der Waals surface area contributed by atoms with Crippen molar-refractivity contribution in [2.24, 2.45) is 11.5 Å². The molecule has 0 aromatic rings. The molecule has 0 rings (SSSR count). The zero-order valence-electron chi connectivity index (χ0n) is 6.43. The van der Waals surface area contributed by atoms with Gasteiger partial charge < -0.3 is 11.5 Å². The fraction of sp³-hybridized carbons (Fsp3) is 1.00. The summed E-state index contributed by atoms with van der Waals surface area (Å²) in [7, 11) is 0.